The van der Waals surface area contributed by atoms with E-state index in [9.17, 15) is 4.79 Å². The van der Waals surface area contributed by atoms with Crippen molar-refractivity contribution in [2.24, 2.45) is 5.41 Å². The fraction of sp³-hybridized carbons (Fsp3) is 0.333. The third kappa shape index (κ3) is 2.82. The molecule has 106 valence electrons. The highest BCUT2D eigenvalue weighted by molar-refractivity contribution is 5.75. The van der Waals surface area contributed by atoms with E-state index in [-0.39, 0.29) is 5.97 Å². The zero-order valence-corrected chi connectivity index (χ0v) is 12.0. The Morgan fingerprint density at radius 2 is 2.00 bits per heavy atom. The van der Waals surface area contributed by atoms with Gasteiger partial charge >= 0.3 is 5.97 Å². The van der Waals surface area contributed by atoms with Crippen molar-refractivity contribution >= 4 is 11.7 Å². The van der Waals surface area contributed by atoms with E-state index in [1.807, 2.05) is 48.9 Å². The second-order valence-corrected chi connectivity index (χ2v) is 5.38. The molecular weight excluding hydrogens is 254 g/mol. The van der Waals surface area contributed by atoms with Gasteiger partial charge in [-0.25, -0.2) is 4.98 Å². The molecule has 0 radical (unpaired) electrons. The molecule has 2 aromatic rings. The van der Waals surface area contributed by atoms with Crippen LogP contribution in [0.3, 0.4) is 0 Å². The van der Waals surface area contributed by atoms with Gasteiger partial charge in [-0.05, 0) is 38.1 Å². The number of nitrogen functional groups attached to an aromatic ring is 1. The van der Waals surface area contributed by atoms with Crippen LogP contribution in [-0.2, 0) is 16.1 Å². The summed E-state index contributed by atoms with van der Waals surface area (Å²) >= 11 is 0. The first kappa shape index (κ1) is 14.1. The molecule has 0 spiro atoms. The summed E-state index contributed by atoms with van der Waals surface area (Å²) in [6.07, 6.45) is 3.58. The quantitative estimate of drug-likeness (QED) is 0.685. The molecule has 0 atom stereocenters. The summed E-state index contributed by atoms with van der Waals surface area (Å²) in [4.78, 5) is 16.1. The Hall–Kier alpha value is -2.30. The summed E-state index contributed by atoms with van der Waals surface area (Å²) in [5.41, 5.74) is 6.75. The van der Waals surface area contributed by atoms with Crippen LogP contribution in [0.4, 0.5) is 5.69 Å². The second-order valence-electron chi connectivity index (χ2n) is 5.38. The lowest BCUT2D eigenvalue weighted by Gasteiger charge is -2.23. The molecule has 0 aliphatic carbocycles. The van der Waals surface area contributed by atoms with Gasteiger partial charge in [-0.2, -0.15) is 0 Å². The van der Waals surface area contributed by atoms with Crippen LogP contribution in [0.15, 0.2) is 36.7 Å². The molecular formula is C15H19N3O2. The van der Waals surface area contributed by atoms with E-state index >= 15 is 0 Å². The van der Waals surface area contributed by atoms with E-state index in [1.54, 1.807) is 6.20 Å². The number of hydrogen-bond donors (Lipinski definition) is 1. The highest BCUT2D eigenvalue weighted by Crippen LogP contribution is 2.25. The SMILES string of the molecule is COC(=O)C(C)(C)Cn1ccnc1-c1ccc(N)cc1. The predicted molar refractivity (Wildman–Crippen MR) is 77.9 cm³/mol. The maximum atomic E-state index is 11.8. The molecule has 0 bridgehead atoms. The topological polar surface area (TPSA) is 70.1 Å². The van der Waals surface area contributed by atoms with E-state index in [1.165, 1.54) is 7.11 Å². The van der Waals surface area contributed by atoms with Crippen molar-refractivity contribution in [1.82, 2.24) is 9.55 Å². The number of carbonyl (C=O) groups is 1. The van der Waals surface area contributed by atoms with Gasteiger partial charge in [0.2, 0.25) is 0 Å². The summed E-state index contributed by atoms with van der Waals surface area (Å²) in [5, 5.41) is 0. The van der Waals surface area contributed by atoms with Crippen molar-refractivity contribution < 1.29 is 9.53 Å². The summed E-state index contributed by atoms with van der Waals surface area (Å²) in [5.74, 6) is 0.566. The molecule has 2 rings (SSSR count). The number of imidazole rings is 1. The first-order valence-corrected chi connectivity index (χ1v) is 6.39. The Morgan fingerprint density at radius 3 is 2.60 bits per heavy atom. The summed E-state index contributed by atoms with van der Waals surface area (Å²) < 4.78 is 6.78. The molecule has 1 heterocycles. The Kier molecular flexibility index (Phi) is 3.79. The molecule has 0 aliphatic heterocycles. The zero-order valence-electron chi connectivity index (χ0n) is 12.0. The van der Waals surface area contributed by atoms with Crippen molar-refractivity contribution in [3.8, 4) is 11.4 Å². The number of aromatic nitrogens is 2. The zero-order chi connectivity index (χ0) is 14.8. The smallest absolute Gasteiger partial charge is 0.313 e. The van der Waals surface area contributed by atoms with E-state index in [2.05, 4.69) is 4.98 Å². The van der Waals surface area contributed by atoms with E-state index < -0.39 is 5.41 Å². The van der Waals surface area contributed by atoms with E-state index in [4.69, 9.17) is 10.5 Å². The van der Waals surface area contributed by atoms with Crippen LogP contribution in [0.2, 0.25) is 0 Å². The molecule has 0 fully saturated rings. The Bertz CT molecular complexity index is 600. The van der Waals surface area contributed by atoms with Crippen molar-refractivity contribution in [2.75, 3.05) is 12.8 Å². The molecule has 20 heavy (non-hydrogen) atoms. The average Bonchev–Trinajstić information content (AvgIpc) is 2.86. The minimum Gasteiger partial charge on any atom is -0.469 e. The molecule has 2 N–H and O–H groups in total. The first-order chi connectivity index (χ1) is 9.44. The largest absolute Gasteiger partial charge is 0.469 e. The maximum absolute atomic E-state index is 11.8. The number of benzene rings is 1. The fourth-order valence-electron chi connectivity index (χ4n) is 2.10. The van der Waals surface area contributed by atoms with Gasteiger partial charge in [0.1, 0.15) is 5.82 Å². The lowest BCUT2D eigenvalue weighted by molar-refractivity contribution is -0.151. The van der Waals surface area contributed by atoms with E-state index in [0.717, 1.165) is 11.4 Å². The summed E-state index contributed by atoms with van der Waals surface area (Å²) in [6.45, 7) is 4.20. The van der Waals surface area contributed by atoms with Crippen LogP contribution in [0.25, 0.3) is 11.4 Å². The van der Waals surface area contributed by atoms with Crippen molar-refractivity contribution in [3.05, 3.63) is 36.7 Å². The summed E-state index contributed by atoms with van der Waals surface area (Å²) in [6, 6.07) is 7.50. The molecule has 5 heteroatoms. The number of esters is 1. The van der Waals surface area contributed by atoms with Crippen LogP contribution in [0.5, 0.6) is 0 Å². The number of nitrogens with two attached hydrogens (primary N) is 1. The lowest BCUT2D eigenvalue weighted by atomic mass is 9.93. The minimum absolute atomic E-state index is 0.241. The standard InChI is InChI=1S/C15H19N3O2/c1-15(2,14(19)20-3)10-18-9-8-17-13(18)11-4-6-12(16)7-5-11/h4-9H,10,16H2,1-3H3. The predicted octanol–water partition coefficient (Wildman–Crippen LogP) is 2.33. The van der Waals surface area contributed by atoms with Crippen LogP contribution in [0, 0.1) is 5.41 Å². The number of hydrogen-bond acceptors (Lipinski definition) is 4. The highest BCUT2D eigenvalue weighted by atomic mass is 16.5. The van der Waals surface area contributed by atoms with Crippen LogP contribution >= 0.6 is 0 Å². The second kappa shape index (κ2) is 5.36. The van der Waals surface area contributed by atoms with Gasteiger partial charge < -0.3 is 15.0 Å². The molecule has 1 aromatic heterocycles. The van der Waals surface area contributed by atoms with Crippen LogP contribution < -0.4 is 5.73 Å². The van der Waals surface area contributed by atoms with Gasteiger partial charge in [0.25, 0.3) is 0 Å². The van der Waals surface area contributed by atoms with Crippen molar-refractivity contribution in [2.45, 2.75) is 20.4 Å². The summed E-state index contributed by atoms with van der Waals surface area (Å²) in [7, 11) is 1.40. The van der Waals surface area contributed by atoms with Crippen molar-refractivity contribution in [3.63, 3.8) is 0 Å². The Morgan fingerprint density at radius 1 is 1.35 bits per heavy atom. The minimum atomic E-state index is -0.613. The van der Waals surface area contributed by atoms with Crippen LogP contribution in [-0.4, -0.2) is 22.6 Å². The third-order valence-corrected chi connectivity index (χ3v) is 3.19. The lowest BCUT2D eigenvalue weighted by Crippen LogP contribution is -2.30. The molecule has 0 saturated heterocycles. The third-order valence-electron chi connectivity index (χ3n) is 3.19. The number of methoxy groups -OCH3 is 1. The average molecular weight is 273 g/mol. The monoisotopic (exact) mass is 273 g/mol. The van der Waals surface area contributed by atoms with Gasteiger partial charge in [0.15, 0.2) is 0 Å². The molecule has 5 nitrogen and oxygen atoms in total. The number of carbonyl (C=O) groups excluding carboxylic acids is 1. The van der Waals surface area contributed by atoms with Gasteiger partial charge in [-0.15, -0.1) is 0 Å². The normalized spacial score (nSPS) is 11.3. The Labute approximate surface area is 118 Å². The van der Waals surface area contributed by atoms with Gasteiger partial charge in [0.05, 0.1) is 12.5 Å². The number of ether oxygens (including phenoxy) is 1. The van der Waals surface area contributed by atoms with Gasteiger partial charge in [0, 0.05) is 30.2 Å². The van der Waals surface area contributed by atoms with Crippen LogP contribution in [0.1, 0.15) is 13.8 Å². The van der Waals surface area contributed by atoms with Gasteiger partial charge in [-0.3, -0.25) is 4.79 Å². The first-order valence-electron chi connectivity index (χ1n) is 6.39. The van der Waals surface area contributed by atoms with E-state index in [0.29, 0.717) is 12.2 Å². The number of anilines is 1. The molecule has 1 aromatic carbocycles. The fourth-order valence-corrected chi connectivity index (χ4v) is 2.10. The van der Waals surface area contributed by atoms with Gasteiger partial charge in [-0.1, -0.05) is 0 Å². The van der Waals surface area contributed by atoms with Crippen molar-refractivity contribution in [1.29, 1.82) is 0 Å². The molecule has 0 amide bonds. The highest BCUT2D eigenvalue weighted by Gasteiger charge is 2.30. The maximum Gasteiger partial charge on any atom is 0.313 e. The molecule has 0 aliphatic rings. The molecule has 0 saturated carbocycles. The molecule has 0 unspecified atom stereocenters. The number of rotatable bonds is 4. The Balaban J connectivity index is 2.29. The number of nitrogens with zero attached hydrogens (tertiary/aromatic N) is 2.